The molecule has 3 aliphatic rings. The number of hydrogen-bond donors (Lipinski definition) is 1. The van der Waals surface area contributed by atoms with Crippen LogP contribution >= 0.6 is 0 Å². The Balaban J connectivity index is 1.77. The molecular formula is C12H18F2N2O. The van der Waals surface area contributed by atoms with Gasteiger partial charge in [0.25, 0.3) is 5.92 Å². The lowest BCUT2D eigenvalue weighted by molar-refractivity contribution is -0.151. The molecule has 2 aliphatic carbocycles. The quantitative estimate of drug-likeness (QED) is 0.797. The largest absolute Gasteiger partial charge is 0.340 e. The summed E-state index contributed by atoms with van der Waals surface area (Å²) < 4.78 is 27.0. The van der Waals surface area contributed by atoms with Crippen molar-refractivity contribution in [1.82, 2.24) is 4.90 Å². The molecule has 0 aromatic carbocycles. The van der Waals surface area contributed by atoms with Gasteiger partial charge in [-0.3, -0.25) is 4.79 Å². The second kappa shape index (κ2) is 2.99. The number of alkyl halides is 2. The van der Waals surface area contributed by atoms with Crippen LogP contribution in [0.1, 0.15) is 32.6 Å². The molecule has 0 radical (unpaired) electrons. The van der Waals surface area contributed by atoms with Crippen LogP contribution in [0.25, 0.3) is 0 Å². The van der Waals surface area contributed by atoms with Gasteiger partial charge < -0.3 is 10.6 Å². The van der Waals surface area contributed by atoms with Gasteiger partial charge in [-0.2, -0.15) is 0 Å². The third-order valence-electron chi connectivity index (χ3n) is 4.98. The minimum Gasteiger partial charge on any atom is -0.340 e. The molecule has 1 heterocycles. The predicted molar refractivity (Wildman–Crippen MR) is 58.5 cm³/mol. The molecule has 0 bridgehead atoms. The van der Waals surface area contributed by atoms with Gasteiger partial charge in [0.2, 0.25) is 5.91 Å². The highest BCUT2D eigenvalue weighted by Gasteiger charge is 2.67. The number of fused-ring (bicyclic) bond motifs is 1. The Morgan fingerprint density at radius 3 is 2.35 bits per heavy atom. The number of rotatable bonds is 2. The normalized spacial score (nSPS) is 38.6. The van der Waals surface area contributed by atoms with Crippen LogP contribution in [0.3, 0.4) is 0 Å². The summed E-state index contributed by atoms with van der Waals surface area (Å²) in [6.07, 6.45) is 2.56. The third-order valence-corrected chi connectivity index (χ3v) is 4.98. The average Bonchev–Trinajstić information content (AvgIpc) is 2.97. The van der Waals surface area contributed by atoms with Gasteiger partial charge in [0, 0.05) is 25.6 Å². The zero-order valence-corrected chi connectivity index (χ0v) is 10.0. The molecule has 3 rings (SSSR count). The molecule has 0 aromatic heterocycles. The number of carbonyl (C=O) groups excluding carboxylic acids is 1. The number of likely N-dealkylation sites (tertiary alicyclic amines) is 1. The second-order valence-corrected chi connectivity index (χ2v) is 6.12. The first-order valence-corrected chi connectivity index (χ1v) is 6.25. The Hall–Kier alpha value is -0.710. The zero-order chi connectivity index (χ0) is 12.5. The van der Waals surface area contributed by atoms with Gasteiger partial charge in [0.1, 0.15) is 5.41 Å². The summed E-state index contributed by atoms with van der Waals surface area (Å²) in [6, 6.07) is 0. The minimum atomic E-state index is -2.91. The average molecular weight is 244 g/mol. The van der Waals surface area contributed by atoms with E-state index < -0.39 is 11.3 Å². The van der Waals surface area contributed by atoms with E-state index in [0.29, 0.717) is 31.8 Å². The molecule has 0 spiro atoms. The molecule has 3 nitrogen and oxygen atoms in total. The summed E-state index contributed by atoms with van der Waals surface area (Å²) in [5.74, 6) is -2.95. The third kappa shape index (κ3) is 1.38. The molecule has 0 aromatic rings. The number of halogens is 2. The maximum Gasteiger partial charge on any atom is 0.259 e. The number of nitrogens with zero attached hydrogens (tertiary/aromatic N) is 1. The van der Waals surface area contributed by atoms with Gasteiger partial charge in [0.15, 0.2) is 0 Å². The van der Waals surface area contributed by atoms with Crippen LogP contribution in [0, 0.1) is 11.3 Å². The standard InChI is InChI=1S/C12H18F2N2O/c1-10(13,14)11(4-5-11)9(17)16-6-8-2-3-12(8,15)7-16/h8H,2-7,15H2,1H3/t8-,12-/m0/s1. The van der Waals surface area contributed by atoms with Gasteiger partial charge in [0.05, 0.1) is 0 Å². The lowest BCUT2D eigenvalue weighted by Gasteiger charge is -2.40. The van der Waals surface area contributed by atoms with E-state index in [1.54, 1.807) is 4.90 Å². The molecule has 1 amide bonds. The summed E-state index contributed by atoms with van der Waals surface area (Å²) in [5, 5.41) is 0. The summed E-state index contributed by atoms with van der Waals surface area (Å²) in [4.78, 5) is 13.8. The smallest absolute Gasteiger partial charge is 0.259 e. The fraction of sp³-hybridized carbons (Fsp3) is 0.917. The van der Waals surface area contributed by atoms with E-state index in [4.69, 9.17) is 5.73 Å². The summed E-state index contributed by atoms with van der Waals surface area (Å²) >= 11 is 0. The van der Waals surface area contributed by atoms with E-state index in [2.05, 4.69) is 0 Å². The fourth-order valence-corrected chi connectivity index (χ4v) is 3.31. The van der Waals surface area contributed by atoms with E-state index in [1.165, 1.54) is 0 Å². The molecule has 2 saturated carbocycles. The zero-order valence-electron chi connectivity index (χ0n) is 10.0. The summed E-state index contributed by atoms with van der Waals surface area (Å²) in [6.45, 7) is 1.91. The van der Waals surface area contributed by atoms with Crippen molar-refractivity contribution >= 4 is 5.91 Å². The SMILES string of the molecule is CC(F)(F)C1(C(=O)N2C[C@@H]3CC[C@]3(N)C2)CC1. The Kier molecular flexibility index (Phi) is 2.01. The van der Waals surface area contributed by atoms with Crippen LogP contribution in [-0.2, 0) is 4.79 Å². The first-order chi connectivity index (χ1) is 7.79. The van der Waals surface area contributed by atoms with Gasteiger partial charge in [-0.15, -0.1) is 0 Å². The van der Waals surface area contributed by atoms with Crippen LogP contribution in [-0.4, -0.2) is 35.4 Å². The van der Waals surface area contributed by atoms with E-state index >= 15 is 0 Å². The molecule has 0 unspecified atom stereocenters. The minimum absolute atomic E-state index is 0.283. The van der Waals surface area contributed by atoms with Crippen molar-refractivity contribution in [1.29, 1.82) is 0 Å². The number of amides is 1. The topological polar surface area (TPSA) is 46.3 Å². The molecular weight excluding hydrogens is 226 g/mol. The van der Waals surface area contributed by atoms with Crippen LogP contribution in [0.5, 0.6) is 0 Å². The predicted octanol–water partition coefficient (Wildman–Crippen LogP) is 1.37. The van der Waals surface area contributed by atoms with Crippen molar-refractivity contribution < 1.29 is 13.6 Å². The monoisotopic (exact) mass is 244 g/mol. The van der Waals surface area contributed by atoms with Crippen molar-refractivity contribution in [3.8, 4) is 0 Å². The van der Waals surface area contributed by atoms with Crippen LogP contribution in [0.2, 0.25) is 0 Å². The molecule has 17 heavy (non-hydrogen) atoms. The molecule has 1 saturated heterocycles. The van der Waals surface area contributed by atoms with Gasteiger partial charge >= 0.3 is 0 Å². The van der Waals surface area contributed by atoms with Gasteiger partial charge in [-0.25, -0.2) is 8.78 Å². The first kappa shape index (κ1) is 11.4. The van der Waals surface area contributed by atoms with Crippen molar-refractivity contribution in [2.24, 2.45) is 17.1 Å². The second-order valence-electron chi connectivity index (χ2n) is 6.12. The van der Waals surface area contributed by atoms with E-state index in [1.807, 2.05) is 0 Å². The maximum absolute atomic E-state index is 13.5. The summed E-state index contributed by atoms with van der Waals surface area (Å²) in [7, 11) is 0. The molecule has 2 N–H and O–H groups in total. The lowest BCUT2D eigenvalue weighted by atomic mass is 9.70. The van der Waals surface area contributed by atoms with Gasteiger partial charge in [-0.05, 0) is 31.6 Å². The van der Waals surface area contributed by atoms with Crippen molar-refractivity contribution in [2.75, 3.05) is 13.1 Å². The van der Waals surface area contributed by atoms with E-state index in [0.717, 1.165) is 19.8 Å². The van der Waals surface area contributed by atoms with Crippen LogP contribution < -0.4 is 5.73 Å². The Bertz CT molecular complexity index is 375. The molecule has 5 heteroatoms. The first-order valence-electron chi connectivity index (χ1n) is 6.25. The van der Waals surface area contributed by atoms with Crippen molar-refractivity contribution in [2.45, 2.75) is 44.1 Å². The highest BCUT2D eigenvalue weighted by Crippen LogP contribution is 2.58. The molecule has 2 atom stereocenters. The summed E-state index contributed by atoms with van der Waals surface area (Å²) in [5.41, 5.74) is 4.44. The lowest BCUT2D eigenvalue weighted by Crippen LogP contribution is -2.55. The Labute approximate surface area is 99.3 Å². The highest BCUT2D eigenvalue weighted by molar-refractivity contribution is 5.87. The number of hydrogen-bond acceptors (Lipinski definition) is 2. The maximum atomic E-state index is 13.5. The Morgan fingerprint density at radius 1 is 1.41 bits per heavy atom. The van der Waals surface area contributed by atoms with E-state index in [-0.39, 0.29) is 11.4 Å². The number of carbonyl (C=O) groups is 1. The van der Waals surface area contributed by atoms with Crippen LogP contribution in [0.15, 0.2) is 0 Å². The van der Waals surface area contributed by atoms with E-state index in [9.17, 15) is 13.6 Å². The van der Waals surface area contributed by atoms with Crippen molar-refractivity contribution in [3.05, 3.63) is 0 Å². The van der Waals surface area contributed by atoms with Gasteiger partial charge in [-0.1, -0.05) is 0 Å². The molecule has 1 aliphatic heterocycles. The highest BCUT2D eigenvalue weighted by atomic mass is 19.3. The number of nitrogens with two attached hydrogens (primary N) is 1. The molecule has 96 valence electrons. The Morgan fingerprint density at radius 2 is 2.06 bits per heavy atom. The van der Waals surface area contributed by atoms with Crippen molar-refractivity contribution in [3.63, 3.8) is 0 Å². The fourth-order valence-electron chi connectivity index (χ4n) is 3.31. The molecule has 3 fully saturated rings. The van der Waals surface area contributed by atoms with Crippen LogP contribution in [0.4, 0.5) is 8.78 Å².